The van der Waals surface area contributed by atoms with Crippen LogP contribution in [0.5, 0.6) is 11.8 Å². The Bertz CT molecular complexity index is 2130. The van der Waals surface area contributed by atoms with Gasteiger partial charge in [0.25, 0.3) is 0 Å². The van der Waals surface area contributed by atoms with Gasteiger partial charge in [0.1, 0.15) is 13.1 Å². The monoisotopic (exact) mass is 603 g/mol. The molecule has 0 bridgehead atoms. The lowest BCUT2D eigenvalue weighted by atomic mass is 10.1. The molecule has 3 aromatic heterocycles. The lowest BCUT2D eigenvalue weighted by Gasteiger charge is -2.39. The second-order valence-electron chi connectivity index (χ2n) is 11.5. The van der Waals surface area contributed by atoms with Gasteiger partial charge in [0.05, 0.1) is 11.4 Å². The normalized spacial score (nSPS) is 13.4. The third-order valence-corrected chi connectivity index (χ3v) is 13.1. The SMILES string of the molecule is C[Si]1(C)c2ccccc2N(c2ccccc2)c2sc3cc(Oc4cccc(-c5ccccc5)n4)nc(-c4ccccc4)c3c21. The van der Waals surface area contributed by atoms with E-state index >= 15 is 0 Å². The van der Waals surface area contributed by atoms with E-state index in [0.29, 0.717) is 11.8 Å². The second kappa shape index (κ2) is 10.6. The number of pyridine rings is 2. The van der Waals surface area contributed by atoms with E-state index in [9.17, 15) is 0 Å². The molecule has 0 aliphatic carbocycles. The van der Waals surface area contributed by atoms with Crippen LogP contribution in [-0.2, 0) is 0 Å². The fourth-order valence-corrected chi connectivity index (χ4v) is 11.6. The molecule has 1 aliphatic rings. The molecule has 0 saturated carbocycles. The molecule has 8 rings (SSSR count). The minimum Gasteiger partial charge on any atom is -0.421 e. The standard InChI is InChI=1S/C38H29N3OSSi/c1-44(2)32-23-13-12-22-30(32)41(28-19-10-5-11-20-28)38-37(44)35-31(43-38)25-34(40-36(35)27-17-8-4-9-18-27)42-33-24-14-21-29(39-33)26-15-6-3-7-16-26/h3-25H,1-2H3. The highest BCUT2D eigenvalue weighted by Gasteiger charge is 2.42. The molecular weight excluding hydrogens is 575 g/mol. The zero-order valence-corrected chi connectivity index (χ0v) is 26.3. The molecule has 0 amide bonds. The molecule has 1 aliphatic heterocycles. The number of benzene rings is 4. The highest BCUT2D eigenvalue weighted by atomic mass is 32.1. The molecule has 0 unspecified atom stereocenters. The van der Waals surface area contributed by atoms with Crippen LogP contribution >= 0.6 is 11.3 Å². The van der Waals surface area contributed by atoms with Crippen LogP contribution in [0.3, 0.4) is 0 Å². The van der Waals surface area contributed by atoms with Crippen molar-refractivity contribution in [3.8, 4) is 34.3 Å². The van der Waals surface area contributed by atoms with E-state index in [-0.39, 0.29) is 0 Å². The minimum atomic E-state index is -2.14. The van der Waals surface area contributed by atoms with Crippen molar-refractivity contribution in [3.63, 3.8) is 0 Å². The molecular formula is C38H29N3OSSi. The molecule has 4 nitrogen and oxygen atoms in total. The highest BCUT2D eigenvalue weighted by molar-refractivity contribution is 7.27. The summed E-state index contributed by atoms with van der Waals surface area (Å²) < 4.78 is 7.61. The van der Waals surface area contributed by atoms with Crippen molar-refractivity contribution in [3.05, 3.63) is 140 Å². The summed E-state index contributed by atoms with van der Waals surface area (Å²) in [5.41, 5.74) is 6.35. The smallest absolute Gasteiger partial charge is 0.223 e. The van der Waals surface area contributed by atoms with Crippen molar-refractivity contribution in [1.29, 1.82) is 0 Å². The molecule has 4 aromatic carbocycles. The fourth-order valence-electron chi connectivity index (χ4n) is 6.30. The summed E-state index contributed by atoms with van der Waals surface area (Å²) in [6.07, 6.45) is 0. The molecule has 4 heterocycles. The highest BCUT2D eigenvalue weighted by Crippen LogP contribution is 2.47. The Labute approximate surface area is 261 Å². The number of fused-ring (bicyclic) bond motifs is 4. The molecule has 212 valence electrons. The van der Waals surface area contributed by atoms with Gasteiger partial charge in [0.15, 0.2) is 0 Å². The van der Waals surface area contributed by atoms with E-state index < -0.39 is 8.07 Å². The minimum absolute atomic E-state index is 0.520. The van der Waals surface area contributed by atoms with Crippen molar-refractivity contribution in [2.45, 2.75) is 13.1 Å². The van der Waals surface area contributed by atoms with Gasteiger partial charge < -0.3 is 9.64 Å². The Morgan fingerprint density at radius 2 is 1.30 bits per heavy atom. The summed E-state index contributed by atoms with van der Waals surface area (Å²) in [4.78, 5) is 12.5. The lowest BCUT2D eigenvalue weighted by molar-refractivity contribution is 0.447. The molecule has 0 fully saturated rings. The van der Waals surface area contributed by atoms with E-state index in [1.54, 1.807) is 0 Å². The van der Waals surface area contributed by atoms with Crippen molar-refractivity contribution >= 4 is 56.2 Å². The van der Waals surface area contributed by atoms with Gasteiger partial charge in [-0.15, -0.1) is 11.3 Å². The molecule has 0 spiro atoms. The average Bonchev–Trinajstić information content (AvgIpc) is 3.46. The molecule has 6 heteroatoms. The Hall–Kier alpha value is -5.04. The van der Waals surface area contributed by atoms with E-state index in [1.165, 1.54) is 26.4 Å². The van der Waals surface area contributed by atoms with Crippen LogP contribution in [-0.4, -0.2) is 18.0 Å². The largest absolute Gasteiger partial charge is 0.421 e. The summed E-state index contributed by atoms with van der Waals surface area (Å²) in [5.74, 6) is 1.06. The molecule has 0 N–H and O–H groups in total. The maximum atomic E-state index is 6.45. The number of nitrogens with zero attached hydrogens (tertiary/aromatic N) is 3. The van der Waals surface area contributed by atoms with Gasteiger partial charge in [-0.25, -0.2) is 9.97 Å². The van der Waals surface area contributed by atoms with E-state index in [2.05, 4.69) is 121 Å². The van der Waals surface area contributed by atoms with Crippen LogP contribution in [0, 0.1) is 0 Å². The van der Waals surface area contributed by atoms with Gasteiger partial charge in [0, 0.05) is 44.7 Å². The first kappa shape index (κ1) is 26.6. The van der Waals surface area contributed by atoms with Crippen molar-refractivity contribution in [1.82, 2.24) is 9.97 Å². The molecule has 7 aromatic rings. The Morgan fingerprint density at radius 1 is 0.636 bits per heavy atom. The van der Waals surface area contributed by atoms with Crippen molar-refractivity contribution in [2.75, 3.05) is 4.90 Å². The molecule has 0 saturated heterocycles. The summed E-state index contributed by atoms with van der Waals surface area (Å²) in [6.45, 7) is 4.94. The number of rotatable bonds is 5. The maximum Gasteiger partial charge on any atom is 0.223 e. The summed E-state index contributed by atoms with van der Waals surface area (Å²) in [6, 6.07) is 48.2. The van der Waals surface area contributed by atoms with E-state index in [4.69, 9.17) is 14.7 Å². The quantitative estimate of drug-likeness (QED) is 0.184. The first-order chi connectivity index (χ1) is 21.6. The summed E-state index contributed by atoms with van der Waals surface area (Å²) >= 11 is 1.82. The summed E-state index contributed by atoms with van der Waals surface area (Å²) in [5, 5.41) is 5.34. The third-order valence-electron chi connectivity index (χ3n) is 8.34. The zero-order valence-electron chi connectivity index (χ0n) is 24.4. The zero-order chi connectivity index (χ0) is 29.7. The number of aromatic nitrogens is 2. The number of para-hydroxylation sites is 2. The lowest BCUT2D eigenvalue weighted by Crippen LogP contribution is -2.58. The van der Waals surface area contributed by atoms with Crippen molar-refractivity contribution < 1.29 is 4.74 Å². The number of thiophene rings is 1. The van der Waals surface area contributed by atoms with Crippen LogP contribution in [0.15, 0.2) is 140 Å². The second-order valence-corrected chi connectivity index (χ2v) is 16.8. The first-order valence-electron chi connectivity index (χ1n) is 14.8. The first-order valence-corrected chi connectivity index (χ1v) is 18.6. The predicted molar refractivity (Wildman–Crippen MR) is 186 cm³/mol. The average molecular weight is 604 g/mol. The van der Waals surface area contributed by atoms with Crippen LogP contribution in [0.4, 0.5) is 16.4 Å². The van der Waals surface area contributed by atoms with Crippen LogP contribution in [0.1, 0.15) is 0 Å². The van der Waals surface area contributed by atoms with E-state index in [1.807, 2.05) is 47.7 Å². The van der Waals surface area contributed by atoms with Gasteiger partial charge in [-0.3, -0.25) is 0 Å². The molecule has 44 heavy (non-hydrogen) atoms. The number of ether oxygens (including phenoxy) is 1. The number of hydrogen-bond donors (Lipinski definition) is 0. The van der Waals surface area contributed by atoms with Crippen LogP contribution in [0.2, 0.25) is 13.1 Å². The predicted octanol–water partition coefficient (Wildman–Crippen LogP) is 9.42. The van der Waals surface area contributed by atoms with Crippen LogP contribution in [0.25, 0.3) is 32.6 Å². The van der Waals surface area contributed by atoms with Gasteiger partial charge in [-0.1, -0.05) is 116 Å². The fraction of sp³-hybridized carbons (Fsp3) is 0.0526. The number of anilines is 3. The molecule has 0 atom stereocenters. The van der Waals surface area contributed by atoms with Crippen molar-refractivity contribution in [2.24, 2.45) is 0 Å². The van der Waals surface area contributed by atoms with Crippen LogP contribution < -0.4 is 20.0 Å². The maximum absolute atomic E-state index is 6.45. The third kappa shape index (κ3) is 4.42. The van der Waals surface area contributed by atoms with Gasteiger partial charge >= 0.3 is 0 Å². The topological polar surface area (TPSA) is 38.2 Å². The summed E-state index contributed by atoms with van der Waals surface area (Å²) in [7, 11) is -2.14. The Morgan fingerprint density at radius 3 is 2.05 bits per heavy atom. The Kier molecular flexibility index (Phi) is 6.40. The molecule has 0 radical (unpaired) electrons. The Balaban J connectivity index is 1.35. The van der Waals surface area contributed by atoms with Gasteiger partial charge in [-0.05, 0) is 34.6 Å². The van der Waals surface area contributed by atoms with E-state index in [0.717, 1.165) is 32.9 Å². The van der Waals surface area contributed by atoms with Gasteiger partial charge in [0.2, 0.25) is 11.8 Å². The number of hydrogen-bond acceptors (Lipinski definition) is 5. The van der Waals surface area contributed by atoms with Gasteiger partial charge in [-0.2, -0.15) is 0 Å².